The van der Waals surface area contributed by atoms with Crippen molar-refractivity contribution in [2.45, 2.75) is 13.8 Å². The number of ether oxygens (including phenoxy) is 1. The maximum absolute atomic E-state index is 12.8. The molecule has 0 unspecified atom stereocenters. The Balaban J connectivity index is 2.09. The van der Waals surface area contributed by atoms with Crippen molar-refractivity contribution in [2.24, 2.45) is 0 Å². The van der Waals surface area contributed by atoms with E-state index in [0.717, 1.165) is 16.8 Å². The molecule has 1 aliphatic heterocycles. The molecule has 2 aromatic rings. The predicted octanol–water partition coefficient (Wildman–Crippen LogP) is 1.71. The minimum absolute atomic E-state index is 0.140. The summed E-state index contributed by atoms with van der Waals surface area (Å²) in [7, 11) is 0. The van der Waals surface area contributed by atoms with Crippen LogP contribution < -0.4 is 15.4 Å². The van der Waals surface area contributed by atoms with Gasteiger partial charge in [-0.15, -0.1) is 0 Å². The first-order valence-electron chi connectivity index (χ1n) is 6.69. The molecule has 1 amide bonds. The lowest BCUT2D eigenvalue weighted by molar-refractivity contribution is 0.0990. The van der Waals surface area contributed by atoms with E-state index in [0.29, 0.717) is 13.2 Å². The number of hydrogen-bond acceptors (Lipinski definition) is 5. The van der Waals surface area contributed by atoms with Gasteiger partial charge >= 0.3 is 0 Å². The van der Waals surface area contributed by atoms with Crippen LogP contribution in [0.5, 0.6) is 5.88 Å². The Morgan fingerprint density at radius 3 is 2.62 bits per heavy atom. The summed E-state index contributed by atoms with van der Waals surface area (Å²) in [5, 5.41) is 0. The first-order valence-corrected chi connectivity index (χ1v) is 6.69. The van der Waals surface area contributed by atoms with E-state index in [2.05, 4.69) is 16.0 Å². The maximum Gasteiger partial charge on any atom is 0.267 e. The molecule has 0 radical (unpaired) electrons. The van der Waals surface area contributed by atoms with Gasteiger partial charge in [0.1, 0.15) is 24.3 Å². The monoisotopic (exact) mass is 284 g/mol. The quantitative estimate of drug-likeness (QED) is 0.862. The van der Waals surface area contributed by atoms with Crippen LogP contribution in [0.1, 0.15) is 21.5 Å². The average molecular weight is 284 g/mol. The van der Waals surface area contributed by atoms with E-state index in [-0.39, 0.29) is 23.2 Å². The fraction of sp³-hybridized carbons (Fsp3) is 0.267. The van der Waals surface area contributed by atoms with E-state index in [1.165, 1.54) is 6.33 Å². The molecule has 2 heterocycles. The van der Waals surface area contributed by atoms with Gasteiger partial charge in [0.05, 0.1) is 6.54 Å². The number of amides is 1. The van der Waals surface area contributed by atoms with Gasteiger partial charge in [-0.1, -0.05) is 6.07 Å². The number of carbonyl (C=O) groups excluding carboxylic acids is 1. The van der Waals surface area contributed by atoms with Gasteiger partial charge in [0.15, 0.2) is 0 Å². The van der Waals surface area contributed by atoms with Crippen molar-refractivity contribution in [2.75, 3.05) is 23.8 Å². The number of aromatic nitrogens is 2. The van der Waals surface area contributed by atoms with Gasteiger partial charge in [-0.2, -0.15) is 0 Å². The summed E-state index contributed by atoms with van der Waals surface area (Å²) >= 11 is 0. The van der Waals surface area contributed by atoms with Crippen molar-refractivity contribution in [3.8, 4) is 5.88 Å². The zero-order chi connectivity index (χ0) is 15.0. The van der Waals surface area contributed by atoms with Crippen molar-refractivity contribution in [3.63, 3.8) is 0 Å². The molecule has 0 bridgehead atoms. The number of fused-ring (bicyclic) bond motifs is 1. The Labute approximate surface area is 122 Å². The fourth-order valence-electron chi connectivity index (χ4n) is 2.52. The smallest absolute Gasteiger partial charge is 0.267 e. The number of nitrogens with zero attached hydrogens (tertiary/aromatic N) is 3. The van der Waals surface area contributed by atoms with Crippen LogP contribution in [0.3, 0.4) is 0 Å². The van der Waals surface area contributed by atoms with E-state index in [9.17, 15) is 4.79 Å². The Kier molecular flexibility index (Phi) is 3.21. The first kappa shape index (κ1) is 13.4. The molecule has 1 aliphatic rings. The van der Waals surface area contributed by atoms with Gasteiger partial charge in [-0.3, -0.25) is 4.79 Å². The van der Waals surface area contributed by atoms with E-state index in [1.807, 2.05) is 26.0 Å². The standard InChI is InChI=1S/C15H16N4O2/c1-9-5-10(2)7-11(6-9)19-3-4-21-14-12(15(19)20)13(16)17-8-18-14/h5-8H,3-4H2,1-2H3,(H2,16,17,18). The number of rotatable bonds is 1. The zero-order valence-corrected chi connectivity index (χ0v) is 12.0. The third kappa shape index (κ3) is 2.40. The van der Waals surface area contributed by atoms with Gasteiger partial charge in [-0.05, 0) is 37.1 Å². The van der Waals surface area contributed by atoms with Crippen LogP contribution in [0.4, 0.5) is 11.5 Å². The molecule has 6 heteroatoms. The Morgan fingerprint density at radius 2 is 1.90 bits per heavy atom. The third-order valence-corrected chi connectivity index (χ3v) is 3.37. The van der Waals surface area contributed by atoms with Crippen LogP contribution in [0.2, 0.25) is 0 Å². The van der Waals surface area contributed by atoms with Gasteiger partial charge in [-0.25, -0.2) is 9.97 Å². The molecular weight excluding hydrogens is 268 g/mol. The maximum atomic E-state index is 12.8. The molecule has 0 fully saturated rings. The molecule has 21 heavy (non-hydrogen) atoms. The summed E-state index contributed by atoms with van der Waals surface area (Å²) in [4.78, 5) is 22.3. The second-order valence-corrected chi connectivity index (χ2v) is 5.09. The van der Waals surface area contributed by atoms with Crippen molar-refractivity contribution in [3.05, 3.63) is 41.2 Å². The largest absolute Gasteiger partial charge is 0.475 e. The molecule has 2 N–H and O–H groups in total. The number of hydrogen-bond donors (Lipinski definition) is 1. The van der Waals surface area contributed by atoms with Crippen LogP contribution in [-0.2, 0) is 0 Å². The van der Waals surface area contributed by atoms with Crippen LogP contribution >= 0.6 is 0 Å². The summed E-state index contributed by atoms with van der Waals surface area (Å²) in [5.41, 5.74) is 9.08. The number of nitrogens with two attached hydrogens (primary N) is 1. The highest BCUT2D eigenvalue weighted by Crippen LogP contribution is 2.28. The minimum atomic E-state index is -0.231. The summed E-state index contributed by atoms with van der Waals surface area (Å²) in [6.45, 7) is 4.81. The van der Waals surface area contributed by atoms with Crippen molar-refractivity contribution in [1.82, 2.24) is 9.97 Å². The molecule has 1 aromatic carbocycles. The highest BCUT2D eigenvalue weighted by Gasteiger charge is 2.28. The lowest BCUT2D eigenvalue weighted by Crippen LogP contribution is -2.32. The van der Waals surface area contributed by atoms with Crippen LogP contribution in [0.25, 0.3) is 0 Å². The molecule has 0 saturated carbocycles. The zero-order valence-electron chi connectivity index (χ0n) is 12.0. The van der Waals surface area contributed by atoms with Crippen LogP contribution in [-0.4, -0.2) is 29.0 Å². The summed E-state index contributed by atoms with van der Waals surface area (Å²) in [6, 6.07) is 6.00. The second kappa shape index (κ2) is 5.05. The molecular formula is C15H16N4O2. The average Bonchev–Trinajstić information content (AvgIpc) is 2.58. The first-order chi connectivity index (χ1) is 10.1. The Morgan fingerprint density at radius 1 is 1.19 bits per heavy atom. The lowest BCUT2D eigenvalue weighted by atomic mass is 10.1. The fourth-order valence-corrected chi connectivity index (χ4v) is 2.52. The normalized spacial score (nSPS) is 14.4. The van der Waals surface area contributed by atoms with Crippen molar-refractivity contribution < 1.29 is 9.53 Å². The van der Waals surface area contributed by atoms with Gasteiger partial charge in [0.2, 0.25) is 5.88 Å². The molecule has 0 atom stereocenters. The molecule has 0 spiro atoms. The number of benzene rings is 1. The predicted molar refractivity (Wildman–Crippen MR) is 79.5 cm³/mol. The van der Waals surface area contributed by atoms with Gasteiger partial charge in [0.25, 0.3) is 5.91 Å². The lowest BCUT2D eigenvalue weighted by Gasteiger charge is -2.21. The third-order valence-electron chi connectivity index (χ3n) is 3.37. The highest BCUT2D eigenvalue weighted by atomic mass is 16.5. The summed E-state index contributed by atoms with van der Waals surface area (Å²) < 4.78 is 5.52. The number of anilines is 2. The minimum Gasteiger partial charge on any atom is -0.475 e. The highest BCUT2D eigenvalue weighted by molar-refractivity contribution is 6.10. The van der Waals surface area contributed by atoms with Crippen molar-refractivity contribution in [1.29, 1.82) is 0 Å². The topological polar surface area (TPSA) is 81.3 Å². The van der Waals surface area contributed by atoms with E-state index in [4.69, 9.17) is 10.5 Å². The molecule has 108 valence electrons. The Hall–Kier alpha value is -2.63. The molecule has 0 aliphatic carbocycles. The van der Waals surface area contributed by atoms with Crippen molar-refractivity contribution >= 4 is 17.4 Å². The molecule has 6 nitrogen and oxygen atoms in total. The molecule has 3 rings (SSSR count). The summed E-state index contributed by atoms with van der Waals surface area (Å²) in [5.74, 6) is 0.159. The Bertz CT molecular complexity index is 695. The number of aryl methyl sites for hydroxylation is 2. The number of nitrogen functional groups attached to an aromatic ring is 1. The van der Waals surface area contributed by atoms with Gasteiger partial charge in [0, 0.05) is 5.69 Å². The number of carbonyl (C=O) groups is 1. The van der Waals surface area contributed by atoms with E-state index in [1.54, 1.807) is 4.90 Å². The van der Waals surface area contributed by atoms with Gasteiger partial charge < -0.3 is 15.4 Å². The van der Waals surface area contributed by atoms with Crippen LogP contribution in [0.15, 0.2) is 24.5 Å². The molecule has 1 aromatic heterocycles. The van der Waals surface area contributed by atoms with Crippen LogP contribution in [0, 0.1) is 13.8 Å². The SMILES string of the molecule is Cc1cc(C)cc(N2CCOc3ncnc(N)c3C2=O)c1. The van der Waals surface area contributed by atoms with E-state index >= 15 is 0 Å². The molecule has 0 saturated heterocycles. The second-order valence-electron chi connectivity index (χ2n) is 5.09. The summed E-state index contributed by atoms with van der Waals surface area (Å²) in [6.07, 6.45) is 1.30. The van der Waals surface area contributed by atoms with E-state index < -0.39 is 0 Å².